The summed E-state index contributed by atoms with van der Waals surface area (Å²) in [6, 6.07) is 0. The molecule has 1 aliphatic rings. The summed E-state index contributed by atoms with van der Waals surface area (Å²) in [5.74, 6) is 4.58. The lowest BCUT2D eigenvalue weighted by Crippen LogP contribution is -2.43. The molecular weight excluding hydrogens is 287 g/mol. The Morgan fingerprint density at radius 1 is 0.562 bits per heavy atom. The van der Waals surface area contributed by atoms with Gasteiger partial charge in [-0.1, -0.05) is 0 Å². The molecule has 96 valence electrons. The second-order valence-electron chi connectivity index (χ2n) is 4.93. The molecule has 1 fully saturated rings. The van der Waals surface area contributed by atoms with Crippen molar-refractivity contribution in [3.8, 4) is 0 Å². The Hall–Kier alpha value is 2.15. The average molecular weight is 314 g/mol. The van der Waals surface area contributed by atoms with E-state index in [9.17, 15) is 0 Å². The van der Waals surface area contributed by atoms with Crippen LogP contribution in [0.5, 0.6) is 0 Å². The molecule has 0 N–H and O–H groups in total. The Balaban J connectivity index is 2.85. The van der Waals surface area contributed by atoms with Gasteiger partial charge in [-0.15, -0.1) is 46.2 Å². The van der Waals surface area contributed by atoms with Gasteiger partial charge < -0.3 is 0 Å². The fourth-order valence-electron chi connectivity index (χ4n) is 3.38. The topological polar surface area (TPSA) is 0 Å². The molecular formula is C11H27P5. The lowest BCUT2D eigenvalue weighted by atomic mass is 9.64. The molecule has 5 heteroatoms. The number of hydrogen-bond donors (Lipinski definition) is 0. The van der Waals surface area contributed by atoms with Crippen LogP contribution in [0.3, 0.4) is 0 Å². The van der Waals surface area contributed by atoms with Gasteiger partial charge in [-0.05, 0) is 66.8 Å². The molecule has 0 aromatic heterocycles. The Labute approximate surface area is 113 Å². The van der Waals surface area contributed by atoms with Crippen molar-refractivity contribution in [3.63, 3.8) is 0 Å². The molecule has 0 nitrogen and oxygen atoms in total. The zero-order valence-corrected chi connectivity index (χ0v) is 15.8. The highest BCUT2D eigenvalue weighted by Gasteiger charge is 2.40. The molecule has 0 amide bonds. The van der Waals surface area contributed by atoms with E-state index in [-0.39, 0.29) is 0 Å². The molecule has 1 aliphatic carbocycles. The molecule has 1 rings (SSSR count). The van der Waals surface area contributed by atoms with Gasteiger partial charge in [0.1, 0.15) is 0 Å². The first-order valence-electron chi connectivity index (χ1n) is 6.23. The third kappa shape index (κ3) is 3.59. The smallest absolute Gasteiger partial charge is 0.0311 e. The molecule has 0 bridgehead atoms. The van der Waals surface area contributed by atoms with Crippen LogP contribution in [0.2, 0.25) is 0 Å². The van der Waals surface area contributed by atoms with Crippen LogP contribution in [-0.4, -0.2) is 30.8 Å². The molecule has 1 saturated carbocycles. The second kappa shape index (κ2) is 8.35. The first-order chi connectivity index (χ1) is 7.73. The number of hydrogen-bond acceptors (Lipinski definition) is 0. The van der Waals surface area contributed by atoms with Crippen molar-refractivity contribution >= 4 is 46.2 Å². The van der Waals surface area contributed by atoms with Crippen LogP contribution in [0.1, 0.15) is 6.42 Å². The molecule has 0 radical (unpaired) electrons. The maximum Gasteiger partial charge on any atom is -0.0311 e. The van der Waals surface area contributed by atoms with Crippen molar-refractivity contribution in [3.05, 3.63) is 0 Å². The van der Waals surface area contributed by atoms with E-state index < -0.39 is 0 Å². The van der Waals surface area contributed by atoms with Gasteiger partial charge in [0.05, 0.1) is 0 Å². The van der Waals surface area contributed by atoms with E-state index >= 15 is 0 Å². The van der Waals surface area contributed by atoms with Crippen molar-refractivity contribution < 1.29 is 0 Å². The average Bonchev–Trinajstić information content (AvgIpc) is 2.35. The third-order valence-electron chi connectivity index (χ3n) is 4.34. The van der Waals surface area contributed by atoms with Gasteiger partial charge in [0, 0.05) is 0 Å². The summed E-state index contributed by atoms with van der Waals surface area (Å²) in [6.45, 7) is 0. The Morgan fingerprint density at radius 2 is 0.938 bits per heavy atom. The van der Waals surface area contributed by atoms with Crippen molar-refractivity contribution in [2.24, 2.45) is 29.6 Å². The lowest BCUT2D eigenvalue weighted by Gasteiger charge is -2.47. The SMILES string of the molecule is PCC1CC(CP)C(CP)C(CP)C1CP. The Kier molecular flexibility index (Phi) is 8.45. The predicted molar refractivity (Wildman–Crippen MR) is 95.0 cm³/mol. The lowest BCUT2D eigenvalue weighted by molar-refractivity contribution is 0.0988. The summed E-state index contributed by atoms with van der Waals surface area (Å²) in [5, 5.41) is 0. The standard InChI is InChI=1S/C11H27P5/c12-2-7-1-8(3-13)10(5-15)11(6-16)9(7)4-14/h7-11H,1-6,12-16H2. The Bertz CT molecular complexity index is 181. The van der Waals surface area contributed by atoms with Gasteiger partial charge in [0.2, 0.25) is 0 Å². The minimum atomic E-state index is 0.907. The molecule has 9 atom stereocenters. The number of rotatable bonds is 5. The zero-order valence-electron chi connectivity index (χ0n) is 10.0. The van der Waals surface area contributed by atoms with Crippen molar-refractivity contribution in [1.82, 2.24) is 0 Å². The maximum absolute atomic E-state index is 2.99. The fraction of sp³-hybridized carbons (Fsp3) is 1.00. The van der Waals surface area contributed by atoms with Gasteiger partial charge in [0.25, 0.3) is 0 Å². The summed E-state index contributed by atoms with van der Waals surface area (Å²) in [7, 11) is 14.9. The van der Waals surface area contributed by atoms with Gasteiger partial charge in [-0.25, -0.2) is 0 Å². The fourth-order valence-corrected chi connectivity index (χ4v) is 6.63. The molecule has 9 unspecified atom stereocenters. The summed E-state index contributed by atoms with van der Waals surface area (Å²) in [5.41, 5.74) is 0. The first-order valence-corrected chi connectivity index (χ1v) is 10.3. The Morgan fingerprint density at radius 3 is 1.19 bits per heavy atom. The van der Waals surface area contributed by atoms with E-state index in [4.69, 9.17) is 0 Å². The van der Waals surface area contributed by atoms with Gasteiger partial charge in [-0.2, -0.15) is 0 Å². The van der Waals surface area contributed by atoms with E-state index in [0.717, 1.165) is 29.6 Å². The van der Waals surface area contributed by atoms with Crippen LogP contribution in [0.4, 0.5) is 0 Å². The van der Waals surface area contributed by atoms with Crippen LogP contribution in [0, 0.1) is 29.6 Å². The highest BCUT2D eigenvalue weighted by molar-refractivity contribution is 7.17. The zero-order chi connectivity index (χ0) is 12.1. The normalized spacial score (nSPS) is 39.9. The van der Waals surface area contributed by atoms with E-state index in [1.54, 1.807) is 0 Å². The quantitative estimate of drug-likeness (QED) is 0.685. The molecule has 0 aliphatic heterocycles. The summed E-state index contributed by atoms with van der Waals surface area (Å²) in [6.07, 6.45) is 7.84. The maximum atomic E-state index is 2.99. The summed E-state index contributed by atoms with van der Waals surface area (Å²) < 4.78 is 0. The van der Waals surface area contributed by atoms with Gasteiger partial charge in [-0.3, -0.25) is 0 Å². The van der Waals surface area contributed by atoms with Crippen molar-refractivity contribution in [2.45, 2.75) is 6.42 Å². The van der Waals surface area contributed by atoms with Crippen LogP contribution in [-0.2, 0) is 0 Å². The summed E-state index contributed by atoms with van der Waals surface area (Å²) >= 11 is 0. The molecule has 0 saturated heterocycles. The van der Waals surface area contributed by atoms with Crippen molar-refractivity contribution in [2.75, 3.05) is 30.8 Å². The molecule has 0 spiro atoms. The minimum absolute atomic E-state index is 0.907. The van der Waals surface area contributed by atoms with Crippen LogP contribution in [0.15, 0.2) is 0 Å². The van der Waals surface area contributed by atoms with Crippen LogP contribution >= 0.6 is 46.2 Å². The molecule has 0 heterocycles. The van der Waals surface area contributed by atoms with Gasteiger partial charge in [0.15, 0.2) is 0 Å². The third-order valence-corrected chi connectivity index (χ3v) is 7.18. The van der Waals surface area contributed by atoms with E-state index in [1.165, 1.54) is 37.2 Å². The highest BCUT2D eigenvalue weighted by Crippen LogP contribution is 2.46. The molecule has 0 aromatic carbocycles. The van der Waals surface area contributed by atoms with E-state index in [0.29, 0.717) is 0 Å². The summed E-state index contributed by atoms with van der Waals surface area (Å²) in [4.78, 5) is 0. The first kappa shape index (κ1) is 16.2. The van der Waals surface area contributed by atoms with E-state index in [1.807, 2.05) is 0 Å². The second-order valence-corrected chi connectivity index (χ2v) is 7.28. The van der Waals surface area contributed by atoms with Crippen LogP contribution in [0.25, 0.3) is 0 Å². The predicted octanol–water partition coefficient (Wildman–Crippen LogP) is 2.85. The molecule has 16 heavy (non-hydrogen) atoms. The molecule has 0 aromatic rings. The van der Waals surface area contributed by atoms with Crippen LogP contribution < -0.4 is 0 Å². The highest BCUT2D eigenvalue weighted by atomic mass is 31.0. The van der Waals surface area contributed by atoms with Crippen molar-refractivity contribution in [1.29, 1.82) is 0 Å². The largest absolute Gasteiger partial charge is 0.137 e. The monoisotopic (exact) mass is 314 g/mol. The van der Waals surface area contributed by atoms with E-state index in [2.05, 4.69) is 46.2 Å². The van der Waals surface area contributed by atoms with Gasteiger partial charge >= 0.3 is 0 Å². The minimum Gasteiger partial charge on any atom is -0.137 e.